The minimum Gasteiger partial charge on any atom is -0.486 e. The first kappa shape index (κ1) is 17.5. The number of carbonyl (C=O) groups excluding carboxylic acids is 1. The van der Waals surface area contributed by atoms with Crippen molar-refractivity contribution in [1.29, 1.82) is 0 Å². The Morgan fingerprint density at radius 1 is 1.11 bits per heavy atom. The molecule has 3 aromatic rings. The van der Waals surface area contributed by atoms with Crippen molar-refractivity contribution in [3.8, 4) is 22.1 Å². The smallest absolute Gasteiger partial charge is 0.251 e. The number of hydrogen-bond donors (Lipinski definition) is 1. The number of nitrogens with one attached hydrogen (secondary N) is 1. The van der Waals surface area contributed by atoms with Crippen LogP contribution in [0.1, 0.15) is 21.6 Å². The molecule has 0 radical (unpaired) electrons. The molecular weight excluding hydrogens is 360 g/mol. The van der Waals surface area contributed by atoms with Crippen LogP contribution in [0.3, 0.4) is 0 Å². The van der Waals surface area contributed by atoms with Crippen molar-refractivity contribution in [3.63, 3.8) is 0 Å². The molecule has 1 amide bonds. The van der Waals surface area contributed by atoms with Gasteiger partial charge in [-0.3, -0.25) is 4.79 Å². The molecule has 1 aliphatic heterocycles. The number of amides is 1. The SMILES string of the molecule is Cc1ccc(-c2nc(CCNC(=O)c3ccc4c(c3)OCCO4)cs2)cc1. The lowest BCUT2D eigenvalue weighted by Gasteiger charge is -2.18. The Morgan fingerprint density at radius 2 is 1.89 bits per heavy atom. The second-order valence-electron chi connectivity index (χ2n) is 6.37. The van der Waals surface area contributed by atoms with Crippen LogP contribution in [0.4, 0.5) is 0 Å². The Bertz CT molecular complexity index is 950. The first-order valence-electron chi connectivity index (χ1n) is 8.88. The van der Waals surface area contributed by atoms with E-state index >= 15 is 0 Å². The third kappa shape index (κ3) is 4.11. The van der Waals surface area contributed by atoms with Crippen molar-refractivity contribution < 1.29 is 14.3 Å². The molecule has 27 heavy (non-hydrogen) atoms. The molecule has 0 spiro atoms. The van der Waals surface area contributed by atoms with E-state index in [4.69, 9.17) is 9.47 Å². The zero-order valence-electron chi connectivity index (χ0n) is 15.0. The number of aryl methyl sites for hydroxylation is 1. The van der Waals surface area contributed by atoms with Gasteiger partial charge in [0.05, 0.1) is 5.69 Å². The number of carbonyl (C=O) groups is 1. The summed E-state index contributed by atoms with van der Waals surface area (Å²) in [5.41, 5.74) is 3.91. The number of nitrogens with zero attached hydrogens (tertiary/aromatic N) is 1. The summed E-state index contributed by atoms with van der Waals surface area (Å²) in [6, 6.07) is 13.6. The maximum Gasteiger partial charge on any atom is 0.251 e. The summed E-state index contributed by atoms with van der Waals surface area (Å²) in [7, 11) is 0. The largest absolute Gasteiger partial charge is 0.486 e. The maximum atomic E-state index is 12.4. The molecular formula is C21H20N2O3S. The summed E-state index contributed by atoms with van der Waals surface area (Å²) in [5.74, 6) is 1.18. The number of benzene rings is 2. The molecule has 0 saturated carbocycles. The molecule has 0 fully saturated rings. The minimum absolute atomic E-state index is 0.124. The number of fused-ring (bicyclic) bond motifs is 1. The molecule has 1 aliphatic rings. The number of rotatable bonds is 5. The highest BCUT2D eigenvalue weighted by atomic mass is 32.1. The van der Waals surface area contributed by atoms with E-state index in [1.807, 2.05) is 5.38 Å². The Balaban J connectivity index is 1.33. The van der Waals surface area contributed by atoms with Gasteiger partial charge in [0, 0.05) is 29.5 Å². The van der Waals surface area contributed by atoms with Crippen LogP contribution in [0.2, 0.25) is 0 Å². The predicted octanol–water partition coefficient (Wildman–Crippen LogP) is 3.86. The summed E-state index contributed by atoms with van der Waals surface area (Å²) in [5, 5.41) is 5.99. The zero-order valence-corrected chi connectivity index (χ0v) is 15.8. The number of thiazole rings is 1. The Hall–Kier alpha value is -2.86. The highest BCUT2D eigenvalue weighted by Crippen LogP contribution is 2.30. The fraction of sp³-hybridized carbons (Fsp3) is 0.238. The Kier molecular flexibility index (Phi) is 5.07. The topological polar surface area (TPSA) is 60.5 Å². The zero-order chi connectivity index (χ0) is 18.6. The monoisotopic (exact) mass is 380 g/mol. The molecule has 0 bridgehead atoms. The second kappa shape index (κ2) is 7.80. The van der Waals surface area contributed by atoms with Gasteiger partial charge in [0.1, 0.15) is 18.2 Å². The molecule has 2 heterocycles. The third-order valence-corrected chi connectivity index (χ3v) is 5.26. The van der Waals surface area contributed by atoms with Crippen LogP contribution in [0, 0.1) is 6.92 Å². The molecule has 6 heteroatoms. The number of aromatic nitrogens is 1. The quantitative estimate of drug-likeness (QED) is 0.730. The van der Waals surface area contributed by atoms with Crippen LogP contribution >= 0.6 is 11.3 Å². The van der Waals surface area contributed by atoms with E-state index in [2.05, 4.69) is 41.5 Å². The molecule has 2 aromatic carbocycles. The molecule has 4 rings (SSSR count). The first-order valence-corrected chi connectivity index (χ1v) is 9.76. The van der Waals surface area contributed by atoms with Gasteiger partial charge in [0.25, 0.3) is 5.91 Å². The molecule has 0 unspecified atom stereocenters. The molecule has 1 aromatic heterocycles. The van der Waals surface area contributed by atoms with Crippen LogP contribution in [0.5, 0.6) is 11.5 Å². The molecule has 0 atom stereocenters. The van der Waals surface area contributed by atoms with Gasteiger partial charge in [-0.2, -0.15) is 0 Å². The summed E-state index contributed by atoms with van der Waals surface area (Å²) in [4.78, 5) is 17.0. The van der Waals surface area contributed by atoms with Crippen LogP contribution in [0.25, 0.3) is 10.6 Å². The van der Waals surface area contributed by atoms with Crippen LogP contribution in [0.15, 0.2) is 47.8 Å². The van der Waals surface area contributed by atoms with Crippen LogP contribution < -0.4 is 14.8 Å². The lowest BCUT2D eigenvalue weighted by molar-refractivity contribution is 0.0953. The minimum atomic E-state index is -0.124. The van der Waals surface area contributed by atoms with E-state index in [1.165, 1.54) is 5.56 Å². The van der Waals surface area contributed by atoms with Crippen molar-refractivity contribution in [2.75, 3.05) is 19.8 Å². The van der Waals surface area contributed by atoms with Crippen molar-refractivity contribution in [2.45, 2.75) is 13.3 Å². The maximum absolute atomic E-state index is 12.4. The predicted molar refractivity (Wildman–Crippen MR) is 106 cm³/mol. The standard InChI is InChI=1S/C21H20N2O3S/c1-14-2-4-15(5-3-14)21-23-17(13-27-21)8-9-22-20(24)16-6-7-18-19(12-16)26-11-10-25-18/h2-7,12-13H,8-11H2,1H3,(H,22,24). The number of hydrogen-bond acceptors (Lipinski definition) is 5. The Labute approximate surface area is 162 Å². The Morgan fingerprint density at radius 3 is 2.70 bits per heavy atom. The highest BCUT2D eigenvalue weighted by molar-refractivity contribution is 7.13. The van der Waals surface area contributed by atoms with Gasteiger partial charge in [-0.1, -0.05) is 29.8 Å². The lowest BCUT2D eigenvalue weighted by Crippen LogP contribution is -2.26. The van der Waals surface area contributed by atoms with Crippen molar-refractivity contribution in [1.82, 2.24) is 10.3 Å². The van der Waals surface area contributed by atoms with Crippen LogP contribution in [-0.4, -0.2) is 30.6 Å². The van der Waals surface area contributed by atoms with E-state index in [-0.39, 0.29) is 5.91 Å². The summed E-state index contributed by atoms with van der Waals surface area (Å²) in [6.45, 7) is 3.65. The summed E-state index contributed by atoms with van der Waals surface area (Å²) in [6.07, 6.45) is 0.693. The molecule has 138 valence electrons. The number of ether oxygens (including phenoxy) is 2. The van der Waals surface area contributed by atoms with Crippen molar-refractivity contribution in [3.05, 3.63) is 64.7 Å². The average molecular weight is 380 g/mol. The van der Waals surface area contributed by atoms with Gasteiger partial charge in [-0.15, -0.1) is 11.3 Å². The van der Waals surface area contributed by atoms with E-state index in [0.717, 1.165) is 16.3 Å². The fourth-order valence-corrected chi connectivity index (χ4v) is 3.70. The molecule has 0 saturated heterocycles. The lowest BCUT2D eigenvalue weighted by atomic mass is 10.1. The van der Waals surface area contributed by atoms with Gasteiger partial charge in [-0.05, 0) is 25.1 Å². The average Bonchev–Trinajstić information content (AvgIpc) is 3.17. The fourth-order valence-electron chi connectivity index (χ4n) is 2.84. The molecule has 5 nitrogen and oxygen atoms in total. The summed E-state index contributed by atoms with van der Waals surface area (Å²) < 4.78 is 11.0. The third-order valence-electron chi connectivity index (χ3n) is 4.32. The first-order chi connectivity index (χ1) is 13.2. The van der Waals surface area contributed by atoms with E-state index in [1.54, 1.807) is 29.5 Å². The summed E-state index contributed by atoms with van der Waals surface area (Å²) >= 11 is 1.62. The van der Waals surface area contributed by atoms with E-state index in [0.29, 0.717) is 43.2 Å². The second-order valence-corrected chi connectivity index (χ2v) is 7.23. The van der Waals surface area contributed by atoms with Crippen molar-refractivity contribution in [2.24, 2.45) is 0 Å². The van der Waals surface area contributed by atoms with E-state index in [9.17, 15) is 4.79 Å². The molecule has 1 N–H and O–H groups in total. The van der Waals surface area contributed by atoms with Gasteiger partial charge in [-0.25, -0.2) is 4.98 Å². The highest BCUT2D eigenvalue weighted by Gasteiger charge is 2.15. The van der Waals surface area contributed by atoms with Gasteiger partial charge in [0.15, 0.2) is 11.5 Å². The van der Waals surface area contributed by atoms with Gasteiger partial charge >= 0.3 is 0 Å². The van der Waals surface area contributed by atoms with Crippen molar-refractivity contribution >= 4 is 17.2 Å². The normalized spacial score (nSPS) is 12.6. The van der Waals surface area contributed by atoms with E-state index < -0.39 is 0 Å². The van der Waals surface area contributed by atoms with Crippen LogP contribution in [-0.2, 0) is 6.42 Å². The molecule has 0 aliphatic carbocycles. The van der Waals surface area contributed by atoms with Gasteiger partial charge < -0.3 is 14.8 Å². The van der Waals surface area contributed by atoms with Gasteiger partial charge in [0.2, 0.25) is 0 Å².